The van der Waals surface area contributed by atoms with E-state index >= 15 is 0 Å². The minimum atomic E-state index is -0.126. The molecular weight excluding hydrogens is 313 g/mol. The molecule has 0 spiro atoms. The zero-order chi connectivity index (χ0) is 13.3. The summed E-state index contributed by atoms with van der Waals surface area (Å²) in [5.74, 6) is -0.126. The highest BCUT2D eigenvalue weighted by Gasteiger charge is 2.20. The van der Waals surface area contributed by atoms with Crippen molar-refractivity contribution in [3.05, 3.63) is 55.4 Å². The number of thiophene rings is 1. The third kappa shape index (κ3) is 2.51. The van der Waals surface area contributed by atoms with Crippen molar-refractivity contribution < 1.29 is 4.39 Å². The van der Waals surface area contributed by atoms with Crippen molar-refractivity contribution in [2.45, 2.75) is 19.9 Å². The number of hydrogen-bond acceptors (Lipinski definition) is 2. The van der Waals surface area contributed by atoms with Gasteiger partial charge in [0.2, 0.25) is 0 Å². The number of rotatable bonds is 3. The van der Waals surface area contributed by atoms with Gasteiger partial charge in [-0.15, -0.1) is 11.3 Å². The summed E-state index contributed by atoms with van der Waals surface area (Å²) < 4.78 is 15.3. The van der Waals surface area contributed by atoms with Crippen LogP contribution < -0.4 is 5.32 Å². The van der Waals surface area contributed by atoms with Crippen LogP contribution in [0.3, 0.4) is 0 Å². The summed E-state index contributed by atoms with van der Waals surface area (Å²) in [6.07, 6.45) is 0. The molecule has 1 N–H and O–H groups in total. The first-order valence-electron chi connectivity index (χ1n) is 5.72. The molecule has 2 rings (SSSR count). The van der Waals surface area contributed by atoms with Crippen molar-refractivity contribution in [2.75, 3.05) is 7.05 Å². The molecule has 0 amide bonds. The molecule has 4 heteroatoms. The largest absolute Gasteiger partial charge is 0.309 e. The molecule has 1 heterocycles. The molecule has 0 aliphatic rings. The van der Waals surface area contributed by atoms with Gasteiger partial charge < -0.3 is 5.32 Å². The molecule has 0 saturated carbocycles. The van der Waals surface area contributed by atoms with Crippen molar-refractivity contribution >= 4 is 27.3 Å². The highest BCUT2D eigenvalue weighted by atomic mass is 79.9. The van der Waals surface area contributed by atoms with Crippen molar-refractivity contribution in [3.8, 4) is 0 Å². The van der Waals surface area contributed by atoms with E-state index in [9.17, 15) is 4.39 Å². The zero-order valence-electron chi connectivity index (χ0n) is 10.6. The molecule has 0 radical (unpaired) electrons. The smallest absolute Gasteiger partial charge is 0.131 e. The summed E-state index contributed by atoms with van der Waals surface area (Å²) in [6, 6.07) is 7.49. The maximum Gasteiger partial charge on any atom is 0.131 e. The van der Waals surface area contributed by atoms with E-state index in [2.05, 4.69) is 34.2 Å². The predicted octanol–water partition coefficient (Wildman–Crippen LogP) is 4.58. The molecule has 2 aromatic rings. The second-order valence-corrected chi connectivity index (χ2v) is 6.90. The van der Waals surface area contributed by atoms with Crippen LogP contribution in [0.25, 0.3) is 0 Å². The first-order chi connectivity index (χ1) is 8.54. The molecule has 1 aromatic carbocycles. The molecule has 1 atom stereocenters. The lowest BCUT2D eigenvalue weighted by Gasteiger charge is -2.18. The Balaban J connectivity index is 2.52. The molecule has 0 aliphatic carbocycles. The van der Waals surface area contributed by atoms with Gasteiger partial charge in [-0.1, -0.05) is 18.2 Å². The van der Waals surface area contributed by atoms with Gasteiger partial charge in [0, 0.05) is 10.4 Å². The normalized spacial score (nSPS) is 12.7. The van der Waals surface area contributed by atoms with Crippen LogP contribution in [0.2, 0.25) is 0 Å². The summed E-state index contributed by atoms with van der Waals surface area (Å²) in [4.78, 5) is 1.20. The Kier molecular flexibility index (Phi) is 4.20. The minimum absolute atomic E-state index is 0.104. The average molecular weight is 328 g/mol. The summed E-state index contributed by atoms with van der Waals surface area (Å²) in [6.45, 7) is 3.85. The molecule has 96 valence electrons. The maximum absolute atomic E-state index is 14.2. The van der Waals surface area contributed by atoms with Crippen LogP contribution in [0.15, 0.2) is 28.1 Å². The zero-order valence-corrected chi connectivity index (χ0v) is 13.0. The number of benzene rings is 1. The quantitative estimate of drug-likeness (QED) is 0.870. The molecular formula is C14H15BrFNS. The number of nitrogens with one attached hydrogen (secondary N) is 1. The molecule has 1 unspecified atom stereocenters. The Labute approximate surface area is 119 Å². The lowest BCUT2D eigenvalue weighted by molar-refractivity contribution is 0.569. The van der Waals surface area contributed by atoms with E-state index in [4.69, 9.17) is 0 Å². The molecule has 0 bridgehead atoms. The van der Waals surface area contributed by atoms with Crippen molar-refractivity contribution in [1.29, 1.82) is 0 Å². The Morgan fingerprint density at radius 3 is 2.56 bits per heavy atom. The van der Waals surface area contributed by atoms with Gasteiger partial charge in [0.05, 0.1) is 9.83 Å². The Hall–Kier alpha value is -0.710. The van der Waals surface area contributed by atoms with Crippen LogP contribution >= 0.6 is 27.3 Å². The molecule has 1 nitrogen and oxygen atoms in total. The summed E-state index contributed by atoms with van der Waals surface area (Å²) in [7, 11) is 1.86. The molecule has 0 fully saturated rings. The molecule has 1 aromatic heterocycles. The molecule has 0 saturated heterocycles. The van der Waals surface area contributed by atoms with E-state index in [0.29, 0.717) is 11.1 Å². The fourth-order valence-electron chi connectivity index (χ4n) is 2.12. The van der Waals surface area contributed by atoms with Crippen molar-refractivity contribution in [1.82, 2.24) is 5.32 Å². The first kappa shape index (κ1) is 13.7. The lowest BCUT2D eigenvalue weighted by atomic mass is 9.97. The van der Waals surface area contributed by atoms with E-state index in [0.717, 1.165) is 9.35 Å². The Morgan fingerprint density at radius 2 is 2.00 bits per heavy atom. The average Bonchev–Trinajstić information content (AvgIpc) is 2.65. The van der Waals surface area contributed by atoms with Gasteiger partial charge in [-0.3, -0.25) is 0 Å². The van der Waals surface area contributed by atoms with Crippen LogP contribution in [0.1, 0.15) is 27.6 Å². The van der Waals surface area contributed by atoms with Crippen LogP contribution in [0, 0.1) is 19.7 Å². The molecule has 0 aliphatic heterocycles. The topological polar surface area (TPSA) is 12.0 Å². The van der Waals surface area contributed by atoms with E-state index in [1.54, 1.807) is 24.3 Å². The Bertz CT molecular complexity index is 565. The van der Waals surface area contributed by atoms with Gasteiger partial charge in [0.1, 0.15) is 5.82 Å². The second kappa shape index (κ2) is 5.51. The van der Waals surface area contributed by atoms with E-state index in [-0.39, 0.29) is 11.9 Å². The van der Waals surface area contributed by atoms with Gasteiger partial charge in [0.25, 0.3) is 0 Å². The maximum atomic E-state index is 14.2. The van der Waals surface area contributed by atoms with E-state index in [1.165, 1.54) is 4.88 Å². The fourth-order valence-corrected chi connectivity index (χ4v) is 3.86. The second-order valence-electron chi connectivity index (χ2n) is 4.26. The highest BCUT2D eigenvalue weighted by Crippen LogP contribution is 2.34. The highest BCUT2D eigenvalue weighted by molar-refractivity contribution is 9.11. The summed E-state index contributed by atoms with van der Waals surface area (Å²) in [5.41, 5.74) is 2.50. The predicted molar refractivity (Wildman–Crippen MR) is 78.8 cm³/mol. The van der Waals surface area contributed by atoms with Crippen molar-refractivity contribution in [2.24, 2.45) is 0 Å². The lowest BCUT2D eigenvalue weighted by Crippen LogP contribution is -2.19. The Morgan fingerprint density at radius 1 is 1.28 bits per heavy atom. The van der Waals surface area contributed by atoms with Gasteiger partial charge in [-0.25, -0.2) is 4.39 Å². The van der Waals surface area contributed by atoms with Gasteiger partial charge in [-0.2, -0.15) is 0 Å². The number of aryl methyl sites for hydroxylation is 2. The minimum Gasteiger partial charge on any atom is -0.309 e. The number of hydrogen-bond donors (Lipinski definition) is 1. The van der Waals surface area contributed by atoms with Crippen LogP contribution in [0.4, 0.5) is 4.39 Å². The third-order valence-electron chi connectivity index (χ3n) is 3.06. The summed E-state index contributed by atoms with van der Waals surface area (Å²) in [5, 5.41) is 3.20. The number of halogens is 2. The van der Waals surface area contributed by atoms with Crippen LogP contribution in [0.5, 0.6) is 0 Å². The van der Waals surface area contributed by atoms with E-state index < -0.39 is 0 Å². The first-order valence-corrected chi connectivity index (χ1v) is 7.33. The van der Waals surface area contributed by atoms with Crippen molar-refractivity contribution in [3.63, 3.8) is 0 Å². The summed E-state index contributed by atoms with van der Waals surface area (Å²) >= 11 is 5.15. The van der Waals surface area contributed by atoms with Crippen LogP contribution in [-0.4, -0.2) is 7.05 Å². The third-order valence-corrected chi connectivity index (χ3v) is 4.63. The molecule has 18 heavy (non-hydrogen) atoms. The fraction of sp³-hybridized carbons (Fsp3) is 0.286. The van der Waals surface area contributed by atoms with Gasteiger partial charge in [-0.05, 0) is 54.0 Å². The van der Waals surface area contributed by atoms with Gasteiger partial charge in [0.15, 0.2) is 0 Å². The van der Waals surface area contributed by atoms with Crippen LogP contribution in [-0.2, 0) is 0 Å². The monoisotopic (exact) mass is 327 g/mol. The van der Waals surface area contributed by atoms with Gasteiger partial charge >= 0.3 is 0 Å². The SMILES string of the molecule is CNC(c1cc(Br)sc1C)c1cccc(C)c1F. The van der Waals surface area contributed by atoms with E-state index in [1.807, 2.05) is 19.2 Å². The standard InChI is InChI=1S/C14H15BrFNS/c1-8-5-4-6-10(13(8)16)14(17-3)11-7-12(15)18-9(11)2/h4-7,14,17H,1-3H3.